The predicted octanol–water partition coefficient (Wildman–Crippen LogP) is 2.77. The molecule has 92 valence electrons. The summed E-state index contributed by atoms with van der Waals surface area (Å²) >= 11 is 1.83. The van der Waals surface area contributed by atoms with E-state index < -0.39 is 0 Å². The maximum Gasteiger partial charge on any atom is 0.0522 e. The molecule has 0 bridgehead atoms. The highest BCUT2D eigenvalue weighted by Crippen LogP contribution is 2.21. The lowest BCUT2D eigenvalue weighted by molar-refractivity contribution is 0.530. The molecule has 2 aromatic heterocycles. The SMILES string of the molecule is CCC(NCCc1cnn(C)c1)c1cccs1. The molecule has 0 spiro atoms. The lowest BCUT2D eigenvalue weighted by Crippen LogP contribution is -2.22. The summed E-state index contributed by atoms with van der Waals surface area (Å²) in [6.45, 7) is 3.23. The van der Waals surface area contributed by atoms with Crippen molar-refractivity contribution in [2.24, 2.45) is 7.05 Å². The molecule has 3 nitrogen and oxygen atoms in total. The molecule has 0 aliphatic carbocycles. The first-order valence-corrected chi connectivity index (χ1v) is 6.92. The van der Waals surface area contributed by atoms with Gasteiger partial charge in [-0.3, -0.25) is 4.68 Å². The van der Waals surface area contributed by atoms with Crippen LogP contribution in [0.4, 0.5) is 0 Å². The van der Waals surface area contributed by atoms with E-state index in [-0.39, 0.29) is 0 Å². The van der Waals surface area contributed by atoms with Crippen LogP contribution in [0, 0.1) is 0 Å². The fourth-order valence-corrected chi connectivity index (χ4v) is 2.81. The van der Waals surface area contributed by atoms with Crippen LogP contribution < -0.4 is 5.32 Å². The zero-order chi connectivity index (χ0) is 12.1. The number of hydrogen-bond acceptors (Lipinski definition) is 3. The Balaban J connectivity index is 1.81. The van der Waals surface area contributed by atoms with E-state index in [2.05, 4.69) is 41.0 Å². The second kappa shape index (κ2) is 5.98. The third-order valence-electron chi connectivity index (χ3n) is 2.86. The second-order valence-corrected chi connectivity index (χ2v) is 5.18. The van der Waals surface area contributed by atoms with Gasteiger partial charge in [-0.2, -0.15) is 5.10 Å². The van der Waals surface area contributed by atoms with Crippen molar-refractivity contribution in [2.75, 3.05) is 6.54 Å². The van der Waals surface area contributed by atoms with Crippen LogP contribution in [0.1, 0.15) is 29.8 Å². The highest BCUT2D eigenvalue weighted by atomic mass is 32.1. The molecule has 0 saturated carbocycles. The summed E-state index contributed by atoms with van der Waals surface area (Å²) in [5.74, 6) is 0. The van der Waals surface area contributed by atoms with E-state index in [0.29, 0.717) is 6.04 Å². The van der Waals surface area contributed by atoms with Crippen molar-refractivity contribution in [1.82, 2.24) is 15.1 Å². The van der Waals surface area contributed by atoms with Crippen molar-refractivity contribution in [3.63, 3.8) is 0 Å². The van der Waals surface area contributed by atoms with E-state index in [9.17, 15) is 0 Å². The Kier molecular flexibility index (Phi) is 4.34. The molecule has 2 heterocycles. The lowest BCUT2D eigenvalue weighted by atomic mass is 10.1. The summed E-state index contributed by atoms with van der Waals surface area (Å²) in [5, 5.41) is 9.92. The van der Waals surface area contributed by atoms with Crippen LogP contribution >= 0.6 is 11.3 Å². The zero-order valence-electron chi connectivity index (χ0n) is 10.4. The molecule has 0 aromatic carbocycles. The fourth-order valence-electron chi connectivity index (χ4n) is 1.93. The first kappa shape index (κ1) is 12.3. The maximum absolute atomic E-state index is 4.18. The van der Waals surface area contributed by atoms with Crippen molar-refractivity contribution >= 4 is 11.3 Å². The van der Waals surface area contributed by atoms with Crippen LogP contribution in [-0.2, 0) is 13.5 Å². The largest absolute Gasteiger partial charge is 0.309 e. The Morgan fingerprint density at radius 1 is 1.53 bits per heavy atom. The number of nitrogens with one attached hydrogen (secondary N) is 1. The summed E-state index contributed by atoms with van der Waals surface area (Å²) in [7, 11) is 1.96. The second-order valence-electron chi connectivity index (χ2n) is 4.20. The normalized spacial score (nSPS) is 12.8. The van der Waals surface area contributed by atoms with E-state index >= 15 is 0 Å². The van der Waals surface area contributed by atoms with Gasteiger partial charge in [-0.05, 0) is 36.4 Å². The molecular weight excluding hydrogens is 230 g/mol. The third kappa shape index (κ3) is 3.41. The van der Waals surface area contributed by atoms with E-state index in [1.165, 1.54) is 10.4 Å². The van der Waals surface area contributed by atoms with Crippen LogP contribution in [0.25, 0.3) is 0 Å². The van der Waals surface area contributed by atoms with Gasteiger partial charge >= 0.3 is 0 Å². The van der Waals surface area contributed by atoms with Crippen LogP contribution in [0.5, 0.6) is 0 Å². The Morgan fingerprint density at radius 2 is 2.41 bits per heavy atom. The molecule has 0 saturated heterocycles. The number of rotatable bonds is 6. The molecule has 0 fully saturated rings. The number of hydrogen-bond donors (Lipinski definition) is 1. The zero-order valence-corrected chi connectivity index (χ0v) is 11.2. The summed E-state index contributed by atoms with van der Waals surface area (Å²) in [5.41, 5.74) is 1.29. The number of thiophene rings is 1. The molecule has 0 aliphatic rings. The van der Waals surface area contributed by atoms with E-state index in [1.807, 2.05) is 29.3 Å². The average molecular weight is 249 g/mol. The van der Waals surface area contributed by atoms with Gasteiger partial charge in [0.25, 0.3) is 0 Å². The van der Waals surface area contributed by atoms with Crippen molar-refractivity contribution in [2.45, 2.75) is 25.8 Å². The van der Waals surface area contributed by atoms with Crippen LogP contribution in [0.3, 0.4) is 0 Å². The van der Waals surface area contributed by atoms with Gasteiger partial charge in [0.15, 0.2) is 0 Å². The number of nitrogens with zero attached hydrogens (tertiary/aromatic N) is 2. The first-order valence-electron chi connectivity index (χ1n) is 6.04. The molecule has 1 N–H and O–H groups in total. The topological polar surface area (TPSA) is 29.9 Å². The van der Waals surface area contributed by atoms with E-state index in [1.54, 1.807) is 0 Å². The van der Waals surface area contributed by atoms with Crippen LogP contribution in [-0.4, -0.2) is 16.3 Å². The molecule has 2 aromatic rings. The van der Waals surface area contributed by atoms with Gasteiger partial charge in [0.05, 0.1) is 6.20 Å². The van der Waals surface area contributed by atoms with Gasteiger partial charge in [-0.25, -0.2) is 0 Å². The Bertz CT molecular complexity index is 433. The van der Waals surface area contributed by atoms with E-state index in [0.717, 1.165) is 19.4 Å². The Morgan fingerprint density at radius 3 is 3.00 bits per heavy atom. The van der Waals surface area contributed by atoms with Crippen molar-refractivity contribution in [3.05, 3.63) is 40.3 Å². The Labute approximate surface area is 106 Å². The molecule has 0 amide bonds. The van der Waals surface area contributed by atoms with Gasteiger partial charge in [-0.15, -0.1) is 11.3 Å². The minimum atomic E-state index is 0.492. The monoisotopic (exact) mass is 249 g/mol. The molecular formula is C13H19N3S. The minimum absolute atomic E-state index is 0.492. The summed E-state index contributed by atoms with van der Waals surface area (Å²) in [4.78, 5) is 1.43. The highest BCUT2D eigenvalue weighted by Gasteiger charge is 2.08. The third-order valence-corrected chi connectivity index (χ3v) is 3.84. The van der Waals surface area contributed by atoms with Gasteiger partial charge in [-0.1, -0.05) is 13.0 Å². The van der Waals surface area contributed by atoms with Crippen LogP contribution in [0.2, 0.25) is 0 Å². The lowest BCUT2D eigenvalue weighted by Gasteiger charge is -2.14. The molecule has 1 unspecified atom stereocenters. The predicted molar refractivity (Wildman–Crippen MR) is 72.3 cm³/mol. The van der Waals surface area contributed by atoms with E-state index in [4.69, 9.17) is 0 Å². The molecule has 2 rings (SSSR count). The number of aromatic nitrogens is 2. The summed E-state index contributed by atoms with van der Waals surface area (Å²) < 4.78 is 1.85. The molecule has 1 atom stereocenters. The summed E-state index contributed by atoms with van der Waals surface area (Å²) in [6.07, 6.45) is 6.19. The van der Waals surface area contributed by atoms with Gasteiger partial charge < -0.3 is 5.32 Å². The Hall–Kier alpha value is -1.13. The summed E-state index contributed by atoms with van der Waals surface area (Å²) in [6, 6.07) is 4.81. The van der Waals surface area contributed by atoms with Crippen molar-refractivity contribution in [1.29, 1.82) is 0 Å². The minimum Gasteiger partial charge on any atom is -0.309 e. The van der Waals surface area contributed by atoms with Gasteiger partial charge in [0.1, 0.15) is 0 Å². The van der Waals surface area contributed by atoms with Crippen molar-refractivity contribution < 1.29 is 0 Å². The van der Waals surface area contributed by atoms with Crippen molar-refractivity contribution in [3.8, 4) is 0 Å². The van der Waals surface area contributed by atoms with Crippen LogP contribution in [0.15, 0.2) is 29.9 Å². The highest BCUT2D eigenvalue weighted by molar-refractivity contribution is 7.10. The molecule has 0 aliphatic heterocycles. The quantitative estimate of drug-likeness (QED) is 0.853. The molecule has 0 radical (unpaired) electrons. The van der Waals surface area contributed by atoms with Gasteiger partial charge in [0, 0.05) is 24.2 Å². The average Bonchev–Trinajstić information content (AvgIpc) is 2.96. The number of aryl methyl sites for hydroxylation is 1. The molecule has 4 heteroatoms. The first-order chi connectivity index (χ1) is 8.29. The molecule has 17 heavy (non-hydrogen) atoms. The maximum atomic E-state index is 4.18. The van der Waals surface area contributed by atoms with Gasteiger partial charge in [0.2, 0.25) is 0 Å². The smallest absolute Gasteiger partial charge is 0.0522 e. The standard InChI is InChI=1S/C13H19N3S/c1-3-12(13-5-4-8-17-13)14-7-6-11-9-15-16(2)10-11/h4-5,8-10,12,14H,3,6-7H2,1-2H3. The fraction of sp³-hybridized carbons (Fsp3) is 0.462.